The summed E-state index contributed by atoms with van der Waals surface area (Å²) in [5.74, 6) is -0.861. The van der Waals surface area contributed by atoms with Crippen LogP contribution in [0.4, 0.5) is 4.79 Å². The number of alkyl carbamates (subject to hydrolysis) is 1. The van der Waals surface area contributed by atoms with Crippen molar-refractivity contribution >= 4 is 18.0 Å². The summed E-state index contributed by atoms with van der Waals surface area (Å²) in [7, 11) is 0. The molecule has 1 atom stereocenters. The van der Waals surface area contributed by atoms with E-state index in [0.717, 1.165) is 0 Å². The highest BCUT2D eigenvalue weighted by atomic mass is 16.6. The van der Waals surface area contributed by atoms with Gasteiger partial charge in [-0.2, -0.15) is 0 Å². The van der Waals surface area contributed by atoms with Crippen molar-refractivity contribution in [1.82, 2.24) is 10.6 Å². The lowest BCUT2D eigenvalue weighted by atomic mass is 10.1. The summed E-state index contributed by atoms with van der Waals surface area (Å²) >= 11 is 0. The van der Waals surface area contributed by atoms with Crippen LogP contribution in [0.15, 0.2) is 0 Å². The maximum Gasteiger partial charge on any atom is 0.408 e. The van der Waals surface area contributed by atoms with E-state index in [4.69, 9.17) is 15.2 Å². The molecule has 8 heteroatoms. The van der Waals surface area contributed by atoms with Crippen LogP contribution in [0.25, 0.3) is 0 Å². The summed E-state index contributed by atoms with van der Waals surface area (Å²) in [5, 5.41) is 5.06. The Labute approximate surface area is 143 Å². The SMILES string of the molecule is CC(C)(C)OC(=O)CC[C@@H](NC(=O)OC(C)(C)C)C(=O)NCCN. The van der Waals surface area contributed by atoms with Gasteiger partial charge in [-0.1, -0.05) is 0 Å². The van der Waals surface area contributed by atoms with Crippen molar-refractivity contribution in [2.45, 2.75) is 71.6 Å². The first kappa shape index (κ1) is 22.2. The van der Waals surface area contributed by atoms with Crippen LogP contribution in [0.1, 0.15) is 54.4 Å². The standard InChI is InChI=1S/C16H31N3O5/c1-15(2,3)23-12(20)8-7-11(13(21)18-10-9-17)19-14(22)24-16(4,5)6/h11H,7-10,17H2,1-6H3,(H,18,21)(H,19,22)/t11-/m1/s1. The largest absolute Gasteiger partial charge is 0.460 e. The molecule has 0 spiro atoms. The molecular formula is C16H31N3O5. The molecule has 0 saturated heterocycles. The summed E-state index contributed by atoms with van der Waals surface area (Å²) < 4.78 is 10.3. The number of esters is 1. The van der Waals surface area contributed by atoms with Gasteiger partial charge in [-0.05, 0) is 48.0 Å². The van der Waals surface area contributed by atoms with Gasteiger partial charge in [-0.25, -0.2) is 4.79 Å². The van der Waals surface area contributed by atoms with Crippen molar-refractivity contribution in [3.05, 3.63) is 0 Å². The minimum absolute atomic E-state index is 0.00617. The lowest BCUT2D eigenvalue weighted by Gasteiger charge is -2.24. The second kappa shape index (κ2) is 9.46. The van der Waals surface area contributed by atoms with E-state index in [1.807, 2.05) is 0 Å². The molecule has 0 aliphatic rings. The molecule has 0 saturated carbocycles. The normalized spacial score (nSPS) is 13.0. The zero-order valence-corrected chi connectivity index (χ0v) is 15.5. The van der Waals surface area contributed by atoms with Crippen LogP contribution in [0.2, 0.25) is 0 Å². The van der Waals surface area contributed by atoms with Gasteiger partial charge in [0.2, 0.25) is 5.91 Å². The minimum Gasteiger partial charge on any atom is -0.460 e. The van der Waals surface area contributed by atoms with Crippen LogP contribution >= 0.6 is 0 Å². The number of amides is 2. The molecule has 0 aliphatic heterocycles. The van der Waals surface area contributed by atoms with E-state index in [1.165, 1.54) is 0 Å². The molecule has 140 valence electrons. The van der Waals surface area contributed by atoms with Crippen LogP contribution in [-0.2, 0) is 19.1 Å². The quantitative estimate of drug-likeness (QED) is 0.594. The Morgan fingerprint density at radius 1 is 1.00 bits per heavy atom. The van der Waals surface area contributed by atoms with E-state index in [2.05, 4.69) is 10.6 Å². The van der Waals surface area contributed by atoms with E-state index in [0.29, 0.717) is 0 Å². The summed E-state index contributed by atoms with van der Waals surface area (Å²) in [6, 6.07) is -0.904. The van der Waals surface area contributed by atoms with E-state index in [-0.39, 0.29) is 25.9 Å². The van der Waals surface area contributed by atoms with Crippen LogP contribution in [0, 0.1) is 0 Å². The van der Waals surface area contributed by atoms with E-state index in [1.54, 1.807) is 41.5 Å². The third kappa shape index (κ3) is 11.7. The third-order valence-electron chi connectivity index (χ3n) is 2.51. The number of hydrogen-bond donors (Lipinski definition) is 3. The molecule has 4 N–H and O–H groups in total. The first-order valence-electron chi connectivity index (χ1n) is 8.03. The van der Waals surface area contributed by atoms with Gasteiger partial charge in [0, 0.05) is 19.5 Å². The van der Waals surface area contributed by atoms with Crippen molar-refractivity contribution in [1.29, 1.82) is 0 Å². The van der Waals surface area contributed by atoms with Crippen molar-refractivity contribution in [3.8, 4) is 0 Å². The summed E-state index contributed by atoms with van der Waals surface area (Å²) in [6.45, 7) is 11.0. The van der Waals surface area contributed by atoms with Gasteiger partial charge < -0.3 is 25.8 Å². The van der Waals surface area contributed by atoms with Gasteiger partial charge in [0.15, 0.2) is 0 Å². The van der Waals surface area contributed by atoms with E-state index >= 15 is 0 Å². The average Bonchev–Trinajstić information content (AvgIpc) is 2.36. The summed E-state index contributed by atoms with van der Waals surface area (Å²) in [6.07, 6.45) is -0.627. The molecule has 0 rings (SSSR count). The number of carbonyl (C=O) groups excluding carboxylic acids is 3. The zero-order valence-electron chi connectivity index (χ0n) is 15.5. The smallest absolute Gasteiger partial charge is 0.408 e. The minimum atomic E-state index is -0.904. The molecule has 0 heterocycles. The highest BCUT2D eigenvalue weighted by Gasteiger charge is 2.26. The van der Waals surface area contributed by atoms with Crippen molar-refractivity contribution < 1.29 is 23.9 Å². The molecule has 0 bridgehead atoms. The number of nitrogens with two attached hydrogens (primary N) is 1. The summed E-state index contributed by atoms with van der Waals surface area (Å²) in [4.78, 5) is 35.8. The molecule has 8 nitrogen and oxygen atoms in total. The van der Waals surface area contributed by atoms with Gasteiger partial charge in [-0.3, -0.25) is 9.59 Å². The van der Waals surface area contributed by atoms with Crippen LogP contribution in [-0.4, -0.2) is 48.3 Å². The Hall–Kier alpha value is -1.83. The number of rotatable bonds is 7. The summed E-state index contributed by atoms with van der Waals surface area (Å²) in [5.41, 5.74) is 4.06. The molecule has 0 aromatic heterocycles. The molecule has 0 aromatic rings. The first-order valence-corrected chi connectivity index (χ1v) is 8.03. The second-order valence-electron chi connectivity index (χ2n) is 7.40. The van der Waals surface area contributed by atoms with Crippen molar-refractivity contribution in [2.75, 3.05) is 13.1 Å². The van der Waals surface area contributed by atoms with E-state index in [9.17, 15) is 14.4 Å². The number of ether oxygens (including phenoxy) is 2. The Bertz CT molecular complexity index is 438. The molecular weight excluding hydrogens is 314 g/mol. The number of hydrogen-bond acceptors (Lipinski definition) is 6. The molecule has 24 heavy (non-hydrogen) atoms. The topological polar surface area (TPSA) is 120 Å². The monoisotopic (exact) mass is 345 g/mol. The zero-order chi connectivity index (χ0) is 19.0. The fraction of sp³-hybridized carbons (Fsp3) is 0.812. The van der Waals surface area contributed by atoms with Gasteiger partial charge in [0.1, 0.15) is 17.2 Å². The van der Waals surface area contributed by atoms with Gasteiger partial charge >= 0.3 is 12.1 Å². The Morgan fingerprint density at radius 3 is 2.00 bits per heavy atom. The fourth-order valence-electron chi connectivity index (χ4n) is 1.69. The second-order valence-corrected chi connectivity index (χ2v) is 7.40. The van der Waals surface area contributed by atoms with Crippen LogP contribution in [0.5, 0.6) is 0 Å². The maximum atomic E-state index is 12.1. The Morgan fingerprint density at radius 2 is 1.54 bits per heavy atom. The molecule has 0 fully saturated rings. The average molecular weight is 345 g/mol. The number of nitrogens with one attached hydrogen (secondary N) is 2. The van der Waals surface area contributed by atoms with Crippen LogP contribution in [0.3, 0.4) is 0 Å². The molecule has 2 amide bonds. The lowest BCUT2D eigenvalue weighted by molar-refractivity contribution is -0.155. The fourth-order valence-corrected chi connectivity index (χ4v) is 1.69. The predicted molar refractivity (Wildman–Crippen MR) is 90.3 cm³/mol. The Balaban J connectivity index is 4.72. The molecule has 0 unspecified atom stereocenters. The molecule has 0 aromatic carbocycles. The molecule has 0 radical (unpaired) electrons. The third-order valence-corrected chi connectivity index (χ3v) is 2.51. The van der Waals surface area contributed by atoms with Crippen molar-refractivity contribution in [3.63, 3.8) is 0 Å². The highest BCUT2D eigenvalue weighted by molar-refractivity contribution is 5.86. The van der Waals surface area contributed by atoms with E-state index < -0.39 is 35.2 Å². The van der Waals surface area contributed by atoms with Gasteiger partial charge in [0.05, 0.1) is 0 Å². The first-order chi connectivity index (χ1) is 10.8. The lowest BCUT2D eigenvalue weighted by Crippen LogP contribution is -2.49. The Kier molecular flexibility index (Phi) is 8.74. The molecule has 0 aliphatic carbocycles. The number of carbonyl (C=O) groups is 3. The van der Waals surface area contributed by atoms with Gasteiger partial charge in [0.25, 0.3) is 0 Å². The van der Waals surface area contributed by atoms with Gasteiger partial charge in [-0.15, -0.1) is 0 Å². The predicted octanol–water partition coefficient (Wildman–Crippen LogP) is 1.08. The van der Waals surface area contributed by atoms with Crippen LogP contribution < -0.4 is 16.4 Å². The highest BCUT2D eigenvalue weighted by Crippen LogP contribution is 2.11. The maximum absolute atomic E-state index is 12.1. The van der Waals surface area contributed by atoms with Crippen molar-refractivity contribution in [2.24, 2.45) is 5.73 Å².